The number of carbonyl (C=O) groups excluding carboxylic acids is 2. The monoisotopic (exact) mass is 294 g/mol. The van der Waals surface area contributed by atoms with E-state index in [4.69, 9.17) is 4.74 Å². The summed E-state index contributed by atoms with van der Waals surface area (Å²) in [6.07, 6.45) is 2.87. The quantitative estimate of drug-likeness (QED) is 0.616. The number of carbonyl (C=O) groups is 2. The maximum Gasteiger partial charge on any atom is 0.223 e. The first-order valence-electron chi connectivity index (χ1n) is 6.28. The Morgan fingerprint density at radius 1 is 1.24 bits per heavy atom. The van der Waals surface area contributed by atoms with E-state index in [2.05, 4.69) is 0 Å². The second-order valence-corrected chi connectivity index (χ2v) is 4.73. The van der Waals surface area contributed by atoms with Crippen molar-refractivity contribution in [3.05, 3.63) is 35.8 Å². The first-order chi connectivity index (χ1) is 9.77. The van der Waals surface area contributed by atoms with E-state index < -0.39 is 11.6 Å². The Morgan fingerprint density at radius 3 is 2.33 bits per heavy atom. The highest BCUT2D eigenvalue weighted by atomic mass is 19.1. The van der Waals surface area contributed by atoms with Gasteiger partial charge in [0, 0.05) is 46.4 Å². The molecule has 0 aliphatic rings. The fourth-order valence-electron chi connectivity index (χ4n) is 1.70. The molecule has 0 unspecified atom stereocenters. The topological polar surface area (TPSA) is 49.9 Å². The normalized spacial score (nSPS) is 10.6. The van der Waals surface area contributed by atoms with Crippen LogP contribution in [0.3, 0.4) is 0 Å². The van der Waals surface area contributed by atoms with Gasteiger partial charge in [-0.15, -0.1) is 0 Å². The molecule has 0 aliphatic heterocycles. The number of ether oxygens (including phenoxy) is 1. The van der Waals surface area contributed by atoms with E-state index in [1.807, 2.05) is 0 Å². The highest BCUT2D eigenvalue weighted by molar-refractivity contribution is 6.08. The fourth-order valence-corrected chi connectivity index (χ4v) is 1.70. The molecule has 0 fully saturated rings. The van der Waals surface area contributed by atoms with Gasteiger partial charge in [0.25, 0.3) is 0 Å². The van der Waals surface area contributed by atoms with Gasteiger partial charge in [0.05, 0.1) is 18.4 Å². The van der Waals surface area contributed by atoms with E-state index in [0.29, 0.717) is 0 Å². The summed E-state index contributed by atoms with van der Waals surface area (Å²) in [4.78, 5) is 26.5. The number of rotatable bonds is 5. The number of nitrogens with zero attached hydrogens (tertiary/aromatic N) is 2. The Kier molecular flexibility index (Phi) is 5.46. The van der Waals surface area contributed by atoms with Crippen LogP contribution in [0.25, 0.3) is 0 Å². The molecule has 1 rings (SSSR count). The van der Waals surface area contributed by atoms with Crippen LogP contribution in [0.15, 0.2) is 24.4 Å². The van der Waals surface area contributed by atoms with Gasteiger partial charge in [0.15, 0.2) is 11.5 Å². The molecule has 21 heavy (non-hydrogen) atoms. The van der Waals surface area contributed by atoms with E-state index in [1.165, 1.54) is 32.1 Å². The third kappa shape index (κ3) is 4.05. The van der Waals surface area contributed by atoms with Crippen molar-refractivity contribution >= 4 is 17.4 Å². The average molecular weight is 294 g/mol. The Morgan fingerprint density at radius 2 is 1.86 bits per heavy atom. The summed E-state index contributed by atoms with van der Waals surface area (Å²) in [7, 11) is 6.39. The number of hydrogen-bond donors (Lipinski definition) is 0. The predicted octanol–water partition coefficient (Wildman–Crippen LogP) is 2.08. The maximum absolute atomic E-state index is 13.7. The van der Waals surface area contributed by atoms with Gasteiger partial charge in [-0.3, -0.25) is 9.59 Å². The number of allylic oxidation sites excluding steroid dienone is 1. The minimum Gasteiger partial charge on any atom is -0.494 e. The van der Waals surface area contributed by atoms with Gasteiger partial charge in [-0.05, 0) is 6.07 Å². The molecule has 0 aliphatic carbocycles. The highest BCUT2D eigenvalue weighted by Gasteiger charge is 2.20. The van der Waals surface area contributed by atoms with Crippen molar-refractivity contribution in [3.8, 4) is 5.75 Å². The van der Waals surface area contributed by atoms with E-state index in [0.717, 1.165) is 12.1 Å². The first-order valence-corrected chi connectivity index (χ1v) is 6.28. The molecule has 0 saturated carbocycles. The summed E-state index contributed by atoms with van der Waals surface area (Å²) in [6.45, 7) is 1.35. The molecule has 6 heteroatoms. The van der Waals surface area contributed by atoms with E-state index in [9.17, 15) is 14.0 Å². The summed E-state index contributed by atoms with van der Waals surface area (Å²) in [5.41, 5.74) is 0.283. The Bertz CT molecular complexity index is 583. The fraction of sp³-hybridized carbons (Fsp3) is 0.333. The molecule has 0 bridgehead atoms. The minimum atomic E-state index is -0.611. The molecular formula is C15H19FN2O3. The maximum atomic E-state index is 13.7. The molecule has 114 valence electrons. The summed E-state index contributed by atoms with van der Waals surface area (Å²) in [5.74, 6) is -1.14. The third-order valence-electron chi connectivity index (χ3n) is 2.86. The van der Waals surface area contributed by atoms with E-state index in [-0.39, 0.29) is 22.9 Å². The largest absolute Gasteiger partial charge is 0.494 e. The van der Waals surface area contributed by atoms with Gasteiger partial charge in [0.1, 0.15) is 5.82 Å². The SMILES string of the molecule is COc1c(C(=O)C=CN(C)C)cc(F)cc1N(C)C(C)=O. The molecule has 0 heterocycles. The number of anilines is 1. The zero-order valence-corrected chi connectivity index (χ0v) is 12.8. The molecule has 1 amide bonds. The van der Waals surface area contributed by atoms with Crippen LogP contribution in [0, 0.1) is 5.82 Å². The molecule has 0 N–H and O–H groups in total. The number of methoxy groups -OCH3 is 1. The summed E-state index contributed by atoms with van der Waals surface area (Å²) in [6, 6.07) is 2.26. The lowest BCUT2D eigenvalue weighted by Gasteiger charge is -2.20. The second kappa shape index (κ2) is 6.88. The first kappa shape index (κ1) is 16.7. The second-order valence-electron chi connectivity index (χ2n) is 4.73. The van der Waals surface area contributed by atoms with E-state index >= 15 is 0 Å². The number of hydrogen-bond acceptors (Lipinski definition) is 4. The van der Waals surface area contributed by atoms with Crippen molar-refractivity contribution in [1.82, 2.24) is 4.90 Å². The average Bonchev–Trinajstić information content (AvgIpc) is 2.42. The van der Waals surface area contributed by atoms with Crippen LogP contribution in [0.5, 0.6) is 5.75 Å². The number of ketones is 1. The zero-order valence-electron chi connectivity index (χ0n) is 12.8. The van der Waals surface area contributed by atoms with Gasteiger partial charge in [0.2, 0.25) is 5.91 Å². The van der Waals surface area contributed by atoms with Crippen LogP contribution < -0.4 is 9.64 Å². The number of benzene rings is 1. The highest BCUT2D eigenvalue weighted by Crippen LogP contribution is 2.33. The lowest BCUT2D eigenvalue weighted by Crippen LogP contribution is -2.24. The molecule has 0 aromatic heterocycles. The van der Waals surface area contributed by atoms with Crippen molar-refractivity contribution in [2.45, 2.75) is 6.92 Å². The van der Waals surface area contributed by atoms with Crippen molar-refractivity contribution in [1.29, 1.82) is 0 Å². The molecular weight excluding hydrogens is 275 g/mol. The van der Waals surface area contributed by atoms with Crippen LogP contribution in [-0.2, 0) is 4.79 Å². The Balaban J connectivity index is 3.39. The summed E-state index contributed by atoms with van der Waals surface area (Å²) < 4.78 is 18.9. The van der Waals surface area contributed by atoms with Crippen LogP contribution in [-0.4, -0.2) is 44.8 Å². The molecule has 1 aromatic carbocycles. The smallest absolute Gasteiger partial charge is 0.223 e. The van der Waals surface area contributed by atoms with Gasteiger partial charge >= 0.3 is 0 Å². The van der Waals surface area contributed by atoms with Gasteiger partial charge < -0.3 is 14.5 Å². The molecule has 0 radical (unpaired) electrons. The number of halogens is 1. The third-order valence-corrected chi connectivity index (χ3v) is 2.86. The summed E-state index contributed by atoms with van der Waals surface area (Å²) in [5, 5.41) is 0. The van der Waals surface area contributed by atoms with Crippen molar-refractivity contribution in [2.75, 3.05) is 33.2 Å². The van der Waals surface area contributed by atoms with Crippen LogP contribution >= 0.6 is 0 Å². The van der Waals surface area contributed by atoms with Crippen molar-refractivity contribution in [2.24, 2.45) is 0 Å². The van der Waals surface area contributed by atoms with Crippen LogP contribution in [0.2, 0.25) is 0 Å². The van der Waals surface area contributed by atoms with Crippen molar-refractivity contribution in [3.63, 3.8) is 0 Å². The minimum absolute atomic E-state index is 0.0682. The van der Waals surface area contributed by atoms with Crippen molar-refractivity contribution < 1.29 is 18.7 Å². The van der Waals surface area contributed by atoms with Gasteiger partial charge in [-0.25, -0.2) is 4.39 Å². The molecule has 0 atom stereocenters. The van der Waals surface area contributed by atoms with Gasteiger partial charge in [-0.1, -0.05) is 0 Å². The van der Waals surface area contributed by atoms with E-state index in [1.54, 1.807) is 25.2 Å². The van der Waals surface area contributed by atoms with Crippen LogP contribution in [0.4, 0.5) is 10.1 Å². The van der Waals surface area contributed by atoms with Crippen LogP contribution in [0.1, 0.15) is 17.3 Å². The number of amides is 1. The van der Waals surface area contributed by atoms with Gasteiger partial charge in [-0.2, -0.15) is 0 Å². The zero-order chi connectivity index (χ0) is 16.2. The molecule has 5 nitrogen and oxygen atoms in total. The lowest BCUT2D eigenvalue weighted by atomic mass is 10.1. The summed E-state index contributed by atoms with van der Waals surface area (Å²) >= 11 is 0. The molecule has 0 saturated heterocycles. The standard InChI is InChI=1S/C15H19FN2O3/c1-10(19)18(4)13-9-11(16)8-12(15(13)21-5)14(20)6-7-17(2)3/h6-9H,1-5H3. The Hall–Kier alpha value is -2.37. The molecule has 1 aromatic rings. The predicted molar refractivity (Wildman–Crippen MR) is 79.2 cm³/mol. The Labute approximate surface area is 123 Å². The molecule has 0 spiro atoms. The lowest BCUT2D eigenvalue weighted by molar-refractivity contribution is -0.116.